The van der Waals surface area contributed by atoms with Crippen LogP contribution in [0, 0.1) is 0 Å². The molecular weight excluding hydrogens is 357 g/mol. The summed E-state index contributed by atoms with van der Waals surface area (Å²) in [5.74, 6) is -0.127. The van der Waals surface area contributed by atoms with E-state index in [2.05, 4.69) is 22.2 Å². The first kappa shape index (κ1) is 17.7. The number of allylic oxidation sites excluding steroid dienone is 1. The van der Waals surface area contributed by atoms with E-state index in [-0.39, 0.29) is 24.7 Å². The Labute approximate surface area is 145 Å². The van der Waals surface area contributed by atoms with Gasteiger partial charge in [-0.15, -0.1) is 0 Å². The fourth-order valence-corrected chi connectivity index (χ4v) is 3.27. The molecule has 1 amide bonds. The van der Waals surface area contributed by atoms with Gasteiger partial charge in [0, 0.05) is 0 Å². The van der Waals surface area contributed by atoms with Gasteiger partial charge in [-0.25, -0.2) is 0 Å². The molecule has 0 saturated carbocycles. The summed E-state index contributed by atoms with van der Waals surface area (Å²) in [5, 5.41) is 0. The van der Waals surface area contributed by atoms with Gasteiger partial charge in [0.05, 0.1) is 0 Å². The maximum absolute atomic E-state index is 12.4. The number of nitrogens with zero attached hydrogens (tertiary/aromatic N) is 1. The summed E-state index contributed by atoms with van der Waals surface area (Å²) in [6, 6.07) is 9.65. The number of hydrogen-bond acceptors (Lipinski definition) is 3. The molecule has 0 aliphatic carbocycles. The molecule has 1 aromatic rings. The molecule has 1 saturated heterocycles. The van der Waals surface area contributed by atoms with E-state index in [1.54, 1.807) is 4.90 Å². The molecule has 5 heteroatoms. The van der Waals surface area contributed by atoms with Gasteiger partial charge in [-0.1, -0.05) is 0 Å². The predicted molar refractivity (Wildman–Crippen MR) is 92.0 cm³/mol. The van der Waals surface area contributed by atoms with Crippen LogP contribution in [0.5, 0.6) is 0 Å². The summed E-state index contributed by atoms with van der Waals surface area (Å²) in [6.07, 6.45) is 3.57. The minimum atomic E-state index is -0.236. The zero-order valence-corrected chi connectivity index (χ0v) is 15.1. The predicted octanol–water partition coefficient (Wildman–Crippen LogP) is 2.21. The topological polar surface area (TPSA) is 38.8 Å². The van der Waals surface area contributed by atoms with Crippen LogP contribution in [0.15, 0.2) is 54.6 Å². The molecule has 1 heterocycles. The quantitative estimate of drug-likeness (QED) is 0.563. The zero-order chi connectivity index (χ0) is 16.8. The number of benzene rings is 1. The molecule has 1 fully saturated rings. The summed E-state index contributed by atoms with van der Waals surface area (Å²) in [7, 11) is 0. The number of carbonyl (C=O) groups is 1. The van der Waals surface area contributed by atoms with Gasteiger partial charge in [0.25, 0.3) is 0 Å². The van der Waals surface area contributed by atoms with Gasteiger partial charge in [0.2, 0.25) is 0 Å². The fourth-order valence-electron chi connectivity index (χ4n) is 2.49. The second kappa shape index (κ2) is 8.25. The number of carbonyl (C=O) groups excluding carboxylic acids is 1. The summed E-state index contributed by atoms with van der Waals surface area (Å²) in [5.41, 5.74) is 1.88. The molecule has 2 rings (SSSR count). The molecule has 0 aromatic heterocycles. The first-order valence-corrected chi connectivity index (χ1v) is 8.36. The van der Waals surface area contributed by atoms with Crippen molar-refractivity contribution in [1.82, 2.24) is 4.90 Å². The van der Waals surface area contributed by atoms with Gasteiger partial charge in [-0.05, 0) is 0 Å². The Kier molecular flexibility index (Phi) is 6.34. The molecule has 2 atom stereocenters. The van der Waals surface area contributed by atoms with Crippen molar-refractivity contribution >= 4 is 26.2 Å². The average Bonchev–Trinajstić information content (AvgIpc) is 2.83. The van der Waals surface area contributed by atoms with Gasteiger partial charge in [0.1, 0.15) is 0 Å². The van der Waals surface area contributed by atoms with Crippen LogP contribution < -0.4 is 0 Å². The number of hydrogen-bond donors (Lipinski definition) is 0. The van der Waals surface area contributed by atoms with Crippen molar-refractivity contribution in [3.63, 3.8) is 0 Å². The fraction of sp³-hybridized carbons (Fsp3) is 0.333. The monoisotopic (exact) mass is 379 g/mol. The Hall–Kier alpha value is -1.68. The second-order valence-electron chi connectivity index (χ2n) is 5.36. The van der Waals surface area contributed by atoms with Crippen LogP contribution in [0.1, 0.15) is 19.4 Å². The molecule has 2 unspecified atom stereocenters. The van der Waals surface area contributed by atoms with Crippen molar-refractivity contribution in [2.45, 2.75) is 32.6 Å². The molecule has 1 aromatic carbocycles. The molecule has 4 nitrogen and oxygen atoms in total. The van der Waals surface area contributed by atoms with Crippen LogP contribution in [0.3, 0.4) is 0 Å². The van der Waals surface area contributed by atoms with Gasteiger partial charge >= 0.3 is 145 Å². The van der Waals surface area contributed by atoms with E-state index in [1.807, 2.05) is 56.3 Å². The Morgan fingerprint density at radius 3 is 2.78 bits per heavy atom. The van der Waals surface area contributed by atoms with Crippen LogP contribution in [-0.2, 0) is 20.9 Å². The molecule has 1 aliphatic heterocycles. The molecule has 122 valence electrons. The number of rotatable bonds is 6. The molecule has 1 aliphatic rings. The molecule has 0 bridgehead atoms. The molecule has 0 N–H and O–H groups in total. The Morgan fingerprint density at radius 2 is 2.13 bits per heavy atom. The minimum absolute atomic E-state index is 0.0105. The van der Waals surface area contributed by atoms with Gasteiger partial charge in [-0.3, -0.25) is 0 Å². The van der Waals surface area contributed by atoms with Gasteiger partial charge < -0.3 is 0 Å². The first-order chi connectivity index (χ1) is 11.0. The van der Waals surface area contributed by atoms with Crippen LogP contribution in [0.2, 0.25) is 0 Å². The maximum atomic E-state index is 12.4. The molecular formula is C18H21NO3Se. The zero-order valence-electron chi connectivity index (χ0n) is 13.4. The third-order valence-electron chi connectivity index (χ3n) is 3.62. The van der Waals surface area contributed by atoms with Crippen LogP contribution in [0.25, 0.3) is 0 Å². The van der Waals surface area contributed by atoms with Crippen molar-refractivity contribution in [3.8, 4) is 0 Å². The summed E-state index contributed by atoms with van der Waals surface area (Å²) in [6.45, 7) is 8.29. The van der Waals surface area contributed by atoms with Crippen LogP contribution >= 0.6 is 0 Å². The summed E-state index contributed by atoms with van der Waals surface area (Å²) in [4.78, 5) is 14.0. The van der Waals surface area contributed by atoms with Crippen molar-refractivity contribution in [1.29, 1.82) is 0 Å². The van der Waals surface area contributed by atoms with E-state index >= 15 is 0 Å². The third-order valence-corrected chi connectivity index (χ3v) is 4.24. The summed E-state index contributed by atoms with van der Waals surface area (Å²) < 4.78 is 11.7. The van der Waals surface area contributed by atoms with E-state index in [0.29, 0.717) is 11.3 Å². The van der Waals surface area contributed by atoms with E-state index in [9.17, 15) is 4.79 Å². The third kappa shape index (κ3) is 4.41. The molecule has 23 heavy (non-hydrogen) atoms. The standard InChI is InChI=1S/C18H21NO3Se/c1-4-8-13(2)17-14(3)19(18(23)22-17)16(20)12-21-11-15-9-6-5-7-10-15/h4-10,14,17H,2,11-12H2,1,3H3/b8-4+. The Balaban J connectivity index is 1.91. The van der Waals surface area contributed by atoms with Crippen molar-refractivity contribution in [2.24, 2.45) is 0 Å². The van der Waals surface area contributed by atoms with Crippen LogP contribution in [0.4, 0.5) is 0 Å². The normalized spacial score (nSPS) is 20.8. The molecule has 0 radical (unpaired) electrons. The molecule has 0 spiro atoms. The number of amides is 1. The number of ether oxygens (including phenoxy) is 2. The van der Waals surface area contributed by atoms with Gasteiger partial charge in [0.15, 0.2) is 0 Å². The summed E-state index contributed by atoms with van der Waals surface area (Å²) >= 11 is 2.81. The van der Waals surface area contributed by atoms with Crippen LogP contribution in [-0.4, -0.2) is 49.9 Å². The van der Waals surface area contributed by atoms with Crippen molar-refractivity contribution in [3.05, 3.63) is 60.2 Å². The van der Waals surface area contributed by atoms with Crippen molar-refractivity contribution < 1.29 is 14.3 Å². The SMILES string of the molecule is C=C(/C=C/C)C1OC(=[Se])N(C(=O)COCc2ccccc2)C1C. The van der Waals surface area contributed by atoms with E-state index in [1.165, 1.54) is 0 Å². The average molecular weight is 378 g/mol. The Bertz CT molecular complexity index is 612. The second-order valence-corrected chi connectivity index (χ2v) is 6.09. The Morgan fingerprint density at radius 1 is 1.43 bits per heavy atom. The van der Waals surface area contributed by atoms with E-state index in [0.717, 1.165) is 11.1 Å². The van der Waals surface area contributed by atoms with E-state index < -0.39 is 0 Å². The first-order valence-electron chi connectivity index (χ1n) is 7.50. The van der Waals surface area contributed by atoms with E-state index in [4.69, 9.17) is 9.47 Å². The van der Waals surface area contributed by atoms with Crippen molar-refractivity contribution in [2.75, 3.05) is 6.61 Å². The van der Waals surface area contributed by atoms with Gasteiger partial charge in [-0.2, -0.15) is 0 Å².